The Hall–Kier alpha value is -3.77. The summed E-state index contributed by atoms with van der Waals surface area (Å²) in [5.41, 5.74) is 2.80. The van der Waals surface area contributed by atoms with Crippen molar-refractivity contribution >= 4 is 40.8 Å². The molecule has 0 aliphatic heterocycles. The lowest BCUT2D eigenvalue weighted by Crippen LogP contribution is -1.99. The van der Waals surface area contributed by atoms with Crippen molar-refractivity contribution in [1.29, 1.82) is 10.5 Å². The van der Waals surface area contributed by atoms with Crippen LogP contribution in [0.2, 0.25) is 10.0 Å². The molecule has 3 aromatic rings. The van der Waals surface area contributed by atoms with E-state index < -0.39 is 5.97 Å². The van der Waals surface area contributed by atoms with Gasteiger partial charge in [-0.15, -0.1) is 0 Å². The minimum Gasteiger partial charge on any atom is -0.486 e. The first kappa shape index (κ1) is 21.9. The molecule has 0 aromatic heterocycles. The predicted molar refractivity (Wildman–Crippen MR) is 119 cm³/mol. The lowest BCUT2D eigenvalue weighted by molar-refractivity contribution is 0.0697. The molecule has 152 valence electrons. The number of hydrogen-bond acceptors (Lipinski definition) is 4. The minimum atomic E-state index is -1.04. The van der Waals surface area contributed by atoms with E-state index in [0.29, 0.717) is 27.8 Å². The average molecular weight is 449 g/mol. The molecule has 0 aliphatic carbocycles. The maximum Gasteiger partial charge on any atom is 0.335 e. The number of halogens is 2. The SMILES string of the molecule is N#C/C(=C/c1cc(Cl)c(OCc2ccccc2C#N)c(Cl)c1)c1ccc(C(=O)O)cc1. The van der Waals surface area contributed by atoms with E-state index in [4.69, 9.17) is 33.0 Å². The molecule has 3 rings (SSSR count). The lowest BCUT2D eigenvalue weighted by Gasteiger charge is -2.12. The van der Waals surface area contributed by atoms with E-state index in [-0.39, 0.29) is 28.0 Å². The summed E-state index contributed by atoms with van der Waals surface area (Å²) in [5, 5.41) is 28.2. The van der Waals surface area contributed by atoms with Gasteiger partial charge in [-0.2, -0.15) is 10.5 Å². The molecule has 0 heterocycles. The van der Waals surface area contributed by atoms with Crippen LogP contribution in [0.15, 0.2) is 60.7 Å². The number of nitrogens with zero attached hydrogens (tertiary/aromatic N) is 2. The van der Waals surface area contributed by atoms with Crippen molar-refractivity contribution in [2.75, 3.05) is 0 Å². The standard InChI is InChI=1S/C24H14Cl2N2O3/c25-21-10-15(9-20(13-28)16-5-7-17(8-6-16)24(29)30)11-22(26)23(21)31-14-19-4-2-1-3-18(19)12-27/h1-11H,14H2,(H,29,30)/b20-9-. The summed E-state index contributed by atoms with van der Waals surface area (Å²) in [5.74, 6) is -0.766. The van der Waals surface area contributed by atoms with E-state index in [1.807, 2.05) is 6.07 Å². The van der Waals surface area contributed by atoms with Gasteiger partial charge in [-0.05, 0) is 47.5 Å². The van der Waals surface area contributed by atoms with Crippen LogP contribution in [0, 0.1) is 22.7 Å². The highest BCUT2D eigenvalue weighted by Crippen LogP contribution is 2.36. The molecule has 0 saturated heterocycles. The number of carboxylic acids is 1. The Morgan fingerprint density at radius 2 is 1.61 bits per heavy atom. The topological polar surface area (TPSA) is 94.1 Å². The van der Waals surface area contributed by atoms with Gasteiger partial charge in [-0.1, -0.05) is 53.5 Å². The Bertz CT molecular complexity index is 1230. The number of aromatic carboxylic acids is 1. The van der Waals surface area contributed by atoms with Gasteiger partial charge in [0, 0.05) is 5.56 Å². The molecule has 0 aliphatic rings. The van der Waals surface area contributed by atoms with Gasteiger partial charge in [0.05, 0.1) is 38.9 Å². The summed E-state index contributed by atoms with van der Waals surface area (Å²) in [6, 6.07) is 20.5. The number of nitriles is 2. The van der Waals surface area contributed by atoms with Crippen molar-refractivity contribution in [3.8, 4) is 17.9 Å². The van der Waals surface area contributed by atoms with Gasteiger partial charge in [-0.3, -0.25) is 0 Å². The highest BCUT2D eigenvalue weighted by atomic mass is 35.5. The molecule has 7 heteroatoms. The van der Waals surface area contributed by atoms with Gasteiger partial charge >= 0.3 is 5.97 Å². The fourth-order valence-corrected chi connectivity index (χ4v) is 3.46. The Morgan fingerprint density at radius 3 is 2.19 bits per heavy atom. The van der Waals surface area contributed by atoms with Gasteiger partial charge in [0.25, 0.3) is 0 Å². The van der Waals surface area contributed by atoms with Crippen molar-refractivity contribution in [3.63, 3.8) is 0 Å². The summed E-state index contributed by atoms with van der Waals surface area (Å²) >= 11 is 12.7. The number of benzene rings is 3. The molecular weight excluding hydrogens is 435 g/mol. The second-order valence-corrected chi connectivity index (χ2v) is 7.24. The fourth-order valence-electron chi connectivity index (χ4n) is 2.85. The van der Waals surface area contributed by atoms with Crippen LogP contribution < -0.4 is 4.74 Å². The monoisotopic (exact) mass is 448 g/mol. The second kappa shape index (κ2) is 9.82. The lowest BCUT2D eigenvalue weighted by atomic mass is 10.0. The summed E-state index contributed by atoms with van der Waals surface area (Å²) in [7, 11) is 0. The molecule has 31 heavy (non-hydrogen) atoms. The highest BCUT2D eigenvalue weighted by Gasteiger charge is 2.12. The van der Waals surface area contributed by atoms with E-state index >= 15 is 0 Å². The van der Waals surface area contributed by atoms with E-state index in [2.05, 4.69) is 12.1 Å². The summed E-state index contributed by atoms with van der Waals surface area (Å²) < 4.78 is 5.75. The zero-order valence-corrected chi connectivity index (χ0v) is 17.5. The normalized spacial score (nSPS) is 10.8. The molecule has 0 unspecified atom stereocenters. The van der Waals surface area contributed by atoms with Crippen LogP contribution in [0.1, 0.15) is 32.6 Å². The van der Waals surface area contributed by atoms with Crippen LogP contribution in [-0.2, 0) is 6.61 Å². The minimum absolute atomic E-state index is 0.123. The molecular formula is C24H14Cl2N2O3. The third kappa shape index (κ3) is 5.24. The Morgan fingerprint density at radius 1 is 1.00 bits per heavy atom. The molecule has 5 nitrogen and oxygen atoms in total. The largest absolute Gasteiger partial charge is 0.486 e. The molecule has 0 amide bonds. The number of rotatable bonds is 6. The van der Waals surface area contributed by atoms with Gasteiger partial charge in [-0.25, -0.2) is 4.79 Å². The first-order valence-electron chi connectivity index (χ1n) is 8.98. The Balaban J connectivity index is 1.86. The molecule has 0 atom stereocenters. The predicted octanol–water partition coefficient (Wildman–Crippen LogP) is 6.21. The first-order chi connectivity index (χ1) is 14.9. The first-order valence-corrected chi connectivity index (χ1v) is 9.74. The quantitative estimate of drug-likeness (QED) is 0.357. The number of carbonyl (C=O) groups is 1. The molecule has 0 fully saturated rings. The smallest absolute Gasteiger partial charge is 0.335 e. The van der Waals surface area contributed by atoms with Crippen molar-refractivity contribution in [2.24, 2.45) is 0 Å². The van der Waals surface area contributed by atoms with E-state index in [1.54, 1.807) is 48.5 Å². The fraction of sp³-hybridized carbons (Fsp3) is 0.0417. The molecule has 0 saturated carbocycles. The number of ether oxygens (including phenoxy) is 1. The summed E-state index contributed by atoms with van der Waals surface area (Å²) in [4.78, 5) is 11.0. The van der Waals surface area contributed by atoms with E-state index in [0.717, 1.165) is 0 Å². The third-order valence-corrected chi connectivity index (χ3v) is 4.97. The van der Waals surface area contributed by atoms with Crippen LogP contribution in [-0.4, -0.2) is 11.1 Å². The zero-order chi connectivity index (χ0) is 22.4. The summed E-state index contributed by atoms with van der Waals surface area (Å²) in [6.07, 6.45) is 1.60. The molecule has 0 spiro atoms. The molecule has 1 N–H and O–H groups in total. The van der Waals surface area contributed by atoms with E-state index in [9.17, 15) is 15.3 Å². The third-order valence-electron chi connectivity index (χ3n) is 4.40. The van der Waals surface area contributed by atoms with Crippen molar-refractivity contribution in [1.82, 2.24) is 0 Å². The second-order valence-electron chi connectivity index (χ2n) is 6.42. The van der Waals surface area contributed by atoms with Gasteiger partial charge in [0.1, 0.15) is 6.61 Å². The number of hydrogen-bond donors (Lipinski definition) is 1. The zero-order valence-electron chi connectivity index (χ0n) is 16.0. The Kier molecular flexibility index (Phi) is 6.95. The Labute approximate surface area is 189 Å². The van der Waals surface area contributed by atoms with Gasteiger partial charge < -0.3 is 9.84 Å². The average Bonchev–Trinajstić information content (AvgIpc) is 2.77. The number of allylic oxidation sites excluding steroid dienone is 1. The highest BCUT2D eigenvalue weighted by molar-refractivity contribution is 6.37. The van der Waals surface area contributed by atoms with Crippen LogP contribution >= 0.6 is 23.2 Å². The molecule has 0 radical (unpaired) electrons. The van der Waals surface area contributed by atoms with Crippen molar-refractivity contribution < 1.29 is 14.6 Å². The van der Waals surface area contributed by atoms with E-state index in [1.165, 1.54) is 12.1 Å². The van der Waals surface area contributed by atoms with Crippen LogP contribution in [0.25, 0.3) is 11.6 Å². The van der Waals surface area contributed by atoms with Gasteiger partial charge in [0.2, 0.25) is 0 Å². The van der Waals surface area contributed by atoms with Crippen molar-refractivity contribution in [2.45, 2.75) is 6.61 Å². The maximum absolute atomic E-state index is 11.0. The maximum atomic E-state index is 11.0. The van der Waals surface area contributed by atoms with Gasteiger partial charge in [0.15, 0.2) is 5.75 Å². The summed E-state index contributed by atoms with van der Waals surface area (Å²) in [6.45, 7) is 0.123. The van der Waals surface area contributed by atoms with Crippen LogP contribution in [0.3, 0.4) is 0 Å². The molecule has 0 bridgehead atoms. The van der Waals surface area contributed by atoms with Crippen LogP contribution in [0.5, 0.6) is 5.75 Å². The number of carboxylic acid groups (broad SMARTS) is 1. The van der Waals surface area contributed by atoms with Crippen molar-refractivity contribution in [3.05, 3.63) is 98.5 Å². The van der Waals surface area contributed by atoms with Crippen LogP contribution in [0.4, 0.5) is 0 Å². The molecule has 3 aromatic carbocycles.